The average molecular weight is 992 g/mol. The molecule has 0 saturated heterocycles. The molecule has 0 spiro atoms. The second-order valence-corrected chi connectivity index (χ2v) is 23.1. The molecule has 0 radical (unpaired) electrons. The maximum atomic E-state index is 9.33. The summed E-state index contributed by atoms with van der Waals surface area (Å²) in [5.74, 6) is 1.47. The molecule has 1 aliphatic rings. The van der Waals surface area contributed by atoms with Crippen molar-refractivity contribution in [1.29, 1.82) is 0 Å². The van der Waals surface area contributed by atoms with Gasteiger partial charge in [-0.15, -0.1) is 0 Å². The van der Waals surface area contributed by atoms with Crippen molar-refractivity contribution in [3.8, 4) is 28.4 Å². The highest BCUT2D eigenvalue weighted by Crippen LogP contribution is 2.52. The van der Waals surface area contributed by atoms with Gasteiger partial charge in [0.25, 0.3) is 0 Å². The molecular formula is C68H64N6O. The van der Waals surface area contributed by atoms with Gasteiger partial charge >= 0.3 is 0 Å². The molecule has 0 unspecified atom stereocenters. The van der Waals surface area contributed by atoms with Crippen LogP contribution in [0.3, 0.4) is 0 Å². The van der Waals surface area contributed by atoms with E-state index >= 15 is 0 Å². The van der Waals surface area contributed by atoms with Crippen molar-refractivity contribution >= 4 is 88.2 Å². The van der Waals surface area contributed by atoms with Gasteiger partial charge in [-0.05, 0) is 129 Å². The highest BCUT2D eigenvalue weighted by molar-refractivity contribution is 6.25. The molecule has 0 saturated carbocycles. The lowest BCUT2D eigenvalue weighted by Crippen LogP contribution is -2.25. The van der Waals surface area contributed by atoms with E-state index in [4.69, 9.17) is 13.8 Å². The van der Waals surface area contributed by atoms with Crippen LogP contribution in [0.1, 0.15) is 94.1 Å². The Balaban J connectivity index is 1.07. The first-order valence-corrected chi connectivity index (χ1v) is 25.6. The molecule has 5 heterocycles. The Morgan fingerprint density at radius 1 is 0.480 bits per heavy atom. The van der Waals surface area contributed by atoms with Crippen LogP contribution in [0.5, 0.6) is 11.5 Å². The number of nitrogens with zero attached hydrogens (tertiary/aromatic N) is 6. The number of pyridine rings is 1. The van der Waals surface area contributed by atoms with Gasteiger partial charge in [-0.1, -0.05) is 135 Å². The highest BCUT2D eigenvalue weighted by Gasteiger charge is 2.34. The summed E-state index contributed by atoms with van der Waals surface area (Å²) in [4.78, 5) is 8.87. The van der Waals surface area contributed by atoms with Gasteiger partial charge < -0.3 is 23.7 Å². The van der Waals surface area contributed by atoms with Gasteiger partial charge in [0.1, 0.15) is 24.0 Å². The van der Waals surface area contributed by atoms with Crippen molar-refractivity contribution in [2.45, 2.75) is 78.6 Å². The van der Waals surface area contributed by atoms with Crippen LogP contribution in [0, 0.1) is 0 Å². The first-order valence-electron chi connectivity index (χ1n) is 31.1. The minimum Gasteiger partial charge on any atom is -0.457 e. The molecule has 1 aliphatic heterocycles. The van der Waals surface area contributed by atoms with Crippen LogP contribution < -0.4 is 14.5 Å². The molecule has 7 nitrogen and oxygen atoms in total. The second kappa shape index (κ2) is 16.6. The van der Waals surface area contributed by atoms with Crippen LogP contribution >= 0.6 is 0 Å². The van der Waals surface area contributed by atoms with Crippen molar-refractivity contribution in [3.63, 3.8) is 0 Å². The molecule has 13 rings (SSSR count). The van der Waals surface area contributed by atoms with Gasteiger partial charge in [-0.2, -0.15) is 0 Å². The minimum absolute atomic E-state index is 0.00477. The number of ether oxygens (including phenoxy) is 1. The van der Waals surface area contributed by atoms with Crippen LogP contribution in [-0.4, -0.2) is 25.4 Å². The third kappa shape index (κ3) is 7.49. The maximum Gasteiger partial charge on any atom is 0.137 e. The fraction of sp³-hybridized carbons (Fsp3) is 0.221. The van der Waals surface area contributed by atoms with Crippen LogP contribution in [-0.2, 0) is 30.2 Å². The Morgan fingerprint density at radius 3 is 1.72 bits per heavy atom. The first-order chi connectivity index (χ1) is 40.4. The molecule has 0 atom stereocenters. The maximum absolute atomic E-state index is 9.33. The van der Waals surface area contributed by atoms with Gasteiger partial charge in [0.05, 0.1) is 46.0 Å². The molecule has 0 bridgehead atoms. The fourth-order valence-corrected chi connectivity index (χ4v) is 11.2. The predicted molar refractivity (Wildman–Crippen MR) is 317 cm³/mol. The lowest BCUT2D eigenvalue weighted by molar-refractivity contribution is 0.483. The van der Waals surface area contributed by atoms with Crippen LogP contribution in [0.15, 0.2) is 176 Å². The molecule has 8 aromatic carbocycles. The number of benzene rings is 8. The molecule has 0 amide bonds. The molecule has 0 N–H and O–H groups in total. The predicted octanol–water partition coefficient (Wildman–Crippen LogP) is 18.1. The quantitative estimate of drug-likeness (QED) is 0.166. The van der Waals surface area contributed by atoms with Crippen molar-refractivity contribution < 1.29 is 19.8 Å². The Kier molecular flexibility index (Phi) is 7.93. The van der Waals surface area contributed by atoms with Gasteiger partial charge in [-0.3, -0.25) is 4.57 Å². The smallest absolute Gasteiger partial charge is 0.137 e. The standard InChI is InChI=1S/C68H64N6O/c1-66(2,3)44-25-29-56-52(35-44)54-40-55-53-36-45(67(4,5)6)26-30-57(53)71(11)64(55)65(63(54)70(56)10)73-41-72(59-23-17-18-24-60(59)73)47-33-43(42-19-13-12-14-20-42)34-49(38-47)75-48-27-28-51-50-21-15-16-22-58(50)74(61(51)39-48)62-37-46(31-32-69-62)68(7,8)9/h12-40H,41H2,1-11H3/i10D3,11D3,12D,13D,14D,19D,20D. The zero-order valence-corrected chi connectivity index (χ0v) is 43.7. The van der Waals surface area contributed by atoms with Crippen molar-refractivity contribution in [3.05, 3.63) is 193 Å². The molecule has 0 aliphatic carbocycles. The third-order valence-electron chi connectivity index (χ3n) is 15.2. The molecule has 12 aromatic rings. The van der Waals surface area contributed by atoms with E-state index in [1.807, 2.05) is 113 Å². The summed E-state index contributed by atoms with van der Waals surface area (Å²) in [6.07, 6.45) is 1.83. The Bertz CT molecular complexity index is 4680. The zero-order valence-electron chi connectivity index (χ0n) is 54.7. The van der Waals surface area contributed by atoms with Gasteiger partial charge in [0.2, 0.25) is 0 Å². The average Bonchev–Trinajstić information content (AvgIpc) is 1.56. The fourth-order valence-electron chi connectivity index (χ4n) is 11.2. The molecular weight excluding hydrogens is 917 g/mol. The molecule has 372 valence electrons. The number of para-hydroxylation sites is 3. The number of fused-ring (bicyclic) bond motifs is 10. The number of aromatic nitrogens is 4. The topological polar surface area (TPSA) is 43.4 Å². The summed E-state index contributed by atoms with van der Waals surface area (Å²) >= 11 is 0. The molecule has 0 fully saturated rings. The molecule has 7 heteroatoms. The van der Waals surface area contributed by atoms with Gasteiger partial charge in [0.15, 0.2) is 0 Å². The van der Waals surface area contributed by atoms with E-state index in [2.05, 4.69) is 97.2 Å². The highest BCUT2D eigenvalue weighted by atomic mass is 16.5. The molecule has 4 aromatic heterocycles. The van der Waals surface area contributed by atoms with Crippen molar-refractivity contribution in [2.24, 2.45) is 14.0 Å². The van der Waals surface area contributed by atoms with Crippen LogP contribution in [0.4, 0.5) is 22.7 Å². The van der Waals surface area contributed by atoms with Crippen LogP contribution in [0.25, 0.3) is 82.4 Å². The number of aryl methyl sites for hydroxylation is 2. The monoisotopic (exact) mass is 992 g/mol. The van der Waals surface area contributed by atoms with E-state index in [0.29, 0.717) is 72.1 Å². The lowest BCUT2D eigenvalue weighted by atomic mass is 9.86. The number of hydrogen-bond acceptors (Lipinski definition) is 4. The van der Waals surface area contributed by atoms with Gasteiger partial charge in [-0.25, -0.2) is 4.98 Å². The van der Waals surface area contributed by atoms with Crippen molar-refractivity contribution in [1.82, 2.24) is 18.7 Å². The summed E-state index contributed by atoms with van der Waals surface area (Å²) in [7, 11) is 0. The Morgan fingerprint density at radius 2 is 1.08 bits per heavy atom. The number of hydrogen-bond donors (Lipinski definition) is 0. The van der Waals surface area contributed by atoms with Crippen LogP contribution in [0.2, 0.25) is 0 Å². The Hall–Kier alpha value is -8.29. The van der Waals surface area contributed by atoms with E-state index < -0.39 is 44.2 Å². The van der Waals surface area contributed by atoms with Crippen molar-refractivity contribution in [2.75, 3.05) is 16.5 Å². The summed E-state index contributed by atoms with van der Waals surface area (Å²) < 4.78 is 112. The zero-order chi connectivity index (χ0) is 61.2. The second-order valence-electron chi connectivity index (χ2n) is 23.1. The van der Waals surface area contributed by atoms with E-state index in [-0.39, 0.29) is 39.8 Å². The third-order valence-corrected chi connectivity index (χ3v) is 15.2. The number of anilines is 4. The van der Waals surface area contributed by atoms with E-state index in [1.54, 1.807) is 12.1 Å². The SMILES string of the molecule is [2H]c1c([2H])c([2H])c(-c2cc(Oc3ccc4c5ccccc5n(-c5cc(C(C)(C)C)ccn5)c4c3)cc(N3CN(c4c5c(cc6c7cc(C(C)(C)C)ccc7n(C([2H])([2H])[2H])c46)c4cc(C(C)(C)C)ccc4n5C([2H])([2H])[2H])c4ccccc43)c2)c([2H])c1[2H]. The minimum atomic E-state index is -2.75. The summed E-state index contributed by atoms with van der Waals surface area (Å²) in [5.41, 5.74) is 8.12. The van der Waals surface area contributed by atoms with Gasteiger partial charge in [0, 0.05) is 89.5 Å². The first kappa shape index (κ1) is 35.8. The van der Waals surface area contributed by atoms with E-state index in [9.17, 15) is 11.0 Å². The summed E-state index contributed by atoms with van der Waals surface area (Å²) in [5, 5.41) is 4.69. The normalized spacial score (nSPS) is 15.9. The van der Waals surface area contributed by atoms with E-state index in [0.717, 1.165) is 44.3 Å². The largest absolute Gasteiger partial charge is 0.457 e. The number of rotatable bonds is 6. The lowest BCUT2D eigenvalue weighted by Gasteiger charge is -2.25. The Labute approximate surface area is 455 Å². The molecule has 75 heavy (non-hydrogen) atoms. The van der Waals surface area contributed by atoms with E-state index in [1.165, 1.54) is 9.13 Å². The summed E-state index contributed by atoms with van der Waals surface area (Å²) in [6, 6.07) is 42.5. The summed E-state index contributed by atoms with van der Waals surface area (Å²) in [6.45, 7) is 13.7.